The van der Waals surface area contributed by atoms with Gasteiger partial charge < -0.3 is 20.1 Å². The molecule has 2 aliphatic rings. The van der Waals surface area contributed by atoms with Gasteiger partial charge in [0.25, 0.3) is 0 Å². The van der Waals surface area contributed by atoms with Gasteiger partial charge in [0.15, 0.2) is 0 Å². The zero-order valence-corrected chi connectivity index (χ0v) is 20.5. The smallest absolute Gasteiger partial charge is 0.407 e. The number of nitrogens with one attached hydrogen (secondary N) is 1. The van der Waals surface area contributed by atoms with Crippen LogP contribution in [0.1, 0.15) is 63.0 Å². The molecule has 7 nitrogen and oxygen atoms in total. The number of rotatable bonds is 8. The molecule has 2 N–H and O–H groups in total. The number of fused-ring (bicyclic) bond motifs is 3. The second kappa shape index (κ2) is 10.5. The Morgan fingerprint density at radius 3 is 2.31 bits per heavy atom. The lowest BCUT2D eigenvalue weighted by Gasteiger charge is -2.42. The summed E-state index contributed by atoms with van der Waals surface area (Å²) in [4.78, 5) is 38.8. The Balaban J connectivity index is 1.31. The summed E-state index contributed by atoms with van der Waals surface area (Å²) in [6.45, 7) is 4.58. The molecule has 1 fully saturated rings. The fraction of sp³-hybridized carbons (Fsp3) is 0.464. The zero-order chi connectivity index (χ0) is 25.0. The molecule has 186 valence electrons. The molecule has 2 aromatic rings. The minimum absolute atomic E-state index is 0.00972. The Morgan fingerprint density at radius 2 is 1.71 bits per heavy atom. The molecule has 2 unspecified atom stereocenters. The summed E-state index contributed by atoms with van der Waals surface area (Å²) < 4.78 is 5.60. The Kier molecular flexibility index (Phi) is 7.43. The van der Waals surface area contributed by atoms with Crippen molar-refractivity contribution in [2.75, 3.05) is 19.7 Å². The van der Waals surface area contributed by atoms with E-state index in [9.17, 15) is 19.5 Å². The summed E-state index contributed by atoms with van der Waals surface area (Å²) in [5.41, 5.74) is 3.50. The summed E-state index contributed by atoms with van der Waals surface area (Å²) >= 11 is 0. The van der Waals surface area contributed by atoms with Crippen LogP contribution in [0.4, 0.5) is 4.79 Å². The van der Waals surface area contributed by atoms with Gasteiger partial charge in [-0.1, -0.05) is 61.9 Å². The highest BCUT2D eigenvalue weighted by atomic mass is 16.5. The number of benzene rings is 2. The second-order valence-corrected chi connectivity index (χ2v) is 9.77. The van der Waals surface area contributed by atoms with Crippen LogP contribution in [-0.2, 0) is 14.3 Å². The van der Waals surface area contributed by atoms with Crippen LogP contribution in [0.5, 0.6) is 0 Å². The standard InChI is InChI=1S/C28H34N2O5/c1-3-19(16-25(31)30-15-9-8-14-28(30,2)26(32)33)17-29-27(34)35-18-24-22-12-6-4-10-20(22)21-11-5-7-13-23(21)24/h4-7,10-13,19,24H,3,8-9,14-18H2,1-2H3,(H,29,34)(H,32,33). The van der Waals surface area contributed by atoms with Crippen molar-refractivity contribution in [3.8, 4) is 11.1 Å². The third kappa shape index (κ3) is 5.04. The number of alkyl carbamates (subject to hydrolysis) is 1. The maximum absolute atomic E-state index is 13.0. The van der Waals surface area contributed by atoms with Gasteiger partial charge in [0, 0.05) is 25.4 Å². The summed E-state index contributed by atoms with van der Waals surface area (Å²) in [6.07, 6.45) is 2.45. The summed E-state index contributed by atoms with van der Waals surface area (Å²) in [5, 5.41) is 12.5. The molecule has 0 radical (unpaired) electrons. The molecule has 2 amide bonds. The SMILES string of the molecule is CCC(CNC(=O)OCC1c2ccccc2-c2ccccc21)CC(=O)N1CCCCC1(C)C(=O)O. The molecule has 0 spiro atoms. The van der Waals surface area contributed by atoms with Crippen molar-refractivity contribution in [3.63, 3.8) is 0 Å². The van der Waals surface area contributed by atoms with Crippen LogP contribution in [0, 0.1) is 5.92 Å². The first-order chi connectivity index (χ1) is 16.8. The lowest BCUT2D eigenvalue weighted by atomic mass is 9.87. The molecule has 0 aromatic heterocycles. The highest BCUT2D eigenvalue weighted by molar-refractivity contribution is 5.87. The van der Waals surface area contributed by atoms with E-state index in [4.69, 9.17) is 4.74 Å². The molecule has 1 saturated heterocycles. The number of hydrogen-bond donors (Lipinski definition) is 2. The number of nitrogens with zero attached hydrogens (tertiary/aromatic N) is 1. The fourth-order valence-corrected chi connectivity index (χ4v) is 5.34. The number of hydrogen-bond acceptors (Lipinski definition) is 4. The predicted octanol–water partition coefficient (Wildman–Crippen LogP) is 4.80. The zero-order valence-electron chi connectivity index (χ0n) is 20.5. The van der Waals surface area contributed by atoms with Crippen LogP contribution >= 0.6 is 0 Å². The van der Waals surface area contributed by atoms with Gasteiger partial charge >= 0.3 is 12.1 Å². The largest absolute Gasteiger partial charge is 0.480 e. The number of aliphatic carboxylic acids is 1. The molecule has 2 aromatic carbocycles. The molecule has 1 aliphatic carbocycles. The normalized spacial score (nSPS) is 20.0. The lowest BCUT2D eigenvalue weighted by molar-refractivity contribution is -0.161. The number of ether oxygens (including phenoxy) is 1. The number of carboxylic acid groups (broad SMARTS) is 1. The summed E-state index contributed by atoms with van der Waals surface area (Å²) in [5.74, 6) is -1.24. The van der Waals surface area contributed by atoms with E-state index in [1.54, 1.807) is 6.92 Å². The highest BCUT2D eigenvalue weighted by Crippen LogP contribution is 2.44. The van der Waals surface area contributed by atoms with E-state index >= 15 is 0 Å². The molecule has 1 aliphatic heterocycles. The van der Waals surface area contributed by atoms with Crippen molar-refractivity contribution in [1.29, 1.82) is 0 Å². The first-order valence-electron chi connectivity index (χ1n) is 12.5. The van der Waals surface area contributed by atoms with Crippen molar-refractivity contribution in [2.45, 2.75) is 57.4 Å². The van der Waals surface area contributed by atoms with Crippen LogP contribution in [0.3, 0.4) is 0 Å². The minimum Gasteiger partial charge on any atom is -0.480 e. The quantitative estimate of drug-likeness (QED) is 0.568. The first kappa shape index (κ1) is 24.8. The van der Waals surface area contributed by atoms with Gasteiger partial charge in [0.2, 0.25) is 5.91 Å². The van der Waals surface area contributed by atoms with E-state index in [2.05, 4.69) is 29.6 Å². The van der Waals surface area contributed by atoms with E-state index < -0.39 is 17.6 Å². The highest BCUT2D eigenvalue weighted by Gasteiger charge is 2.44. The van der Waals surface area contributed by atoms with Crippen molar-refractivity contribution in [3.05, 3.63) is 59.7 Å². The van der Waals surface area contributed by atoms with E-state index in [0.717, 1.165) is 24.0 Å². The van der Waals surface area contributed by atoms with Crippen molar-refractivity contribution in [2.24, 2.45) is 5.92 Å². The van der Waals surface area contributed by atoms with Gasteiger partial charge in [-0.15, -0.1) is 0 Å². The van der Waals surface area contributed by atoms with Crippen molar-refractivity contribution >= 4 is 18.0 Å². The van der Waals surface area contributed by atoms with Crippen molar-refractivity contribution in [1.82, 2.24) is 10.2 Å². The number of carbonyl (C=O) groups excluding carboxylic acids is 2. The van der Waals surface area contributed by atoms with Gasteiger partial charge in [-0.2, -0.15) is 0 Å². The van der Waals surface area contributed by atoms with Gasteiger partial charge in [0.05, 0.1) is 0 Å². The third-order valence-electron chi connectivity index (χ3n) is 7.57. The van der Waals surface area contributed by atoms with Crippen LogP contribution < -0.4 is 5.32 Å². The maximum Gasteiger partial charge on any atom is 0.407 e. The number of carboxylic acids is 1. The van der Waals surface area contributed by atoms with Crippen LogP contribution in [-0.4, -0.2) is 53.2 Å². The molecule has 4 rings (SSSR count). The monoisotopic (exact) mass is 478 g/mol. The molecule has 35 heavy (non-hydrogen) atoms. The molecular formula is C28H34N2O5. The topological polar surface area (TPSA) is 95.9 Å². The average molecular weight is 479 g/mol. The van der Waals surface area contributed by atoms with Crippen LogP contribution in [0.2, 0.25) is 0 Å². The molecule has 2 atom stereocenters. The maximum atomic E-state index is 13.0. The Bertz CT molecular complexity index is 1050. The van der Waals surface area contributed by atoms with Gasteiger partial charge in [-0.05, 0) is 54.4 Å². The lowest BCUT2D eigenvalue weighted by Crippen LogP contribution is -2.57. The fourth-order valence-electron chi connectivity index (χ4n) is 5.34. The molecular weight excluding hydrogens is 444 g/mol. The van der Waals surface area contributed by atoms with Gasteiger partial charge in [-0.25, -0.2) is 9.59 Å². The van der Waals surface area contributed by atoms with E-state index in [0.29, 0.717) is 25.9 Å². The van der Waals surface area contributed by atoms with E-state index in [1.807, 2.05) is 31.2 Å². The molecule has 1 heterocycles. The van der Waals surface area contributed by atoms with Gasteiger partial charge in [-0.3, -0.25) is 4.79 Å². The molecule has 0 saturated carbocycles. The first-order valence-corrected chi connectivity index (χ1v) is 12.5. The summed E-state index contributed by atoms with van der Waals surface area (Å²) in [7, 11) is 0. The van der Waals surface area contributed by atoms with Crippen LogP contribution in [0.15, 0.2) is 48.5 Å². The molecule has 0 bridgehead atoms. The number of piperidine rings is 1. The Hall–Kier alpha value is -3.35. The number of likely N-dealkylation sites (tertiary alicyclic amines) is 1. The van der Waals surface area contributed by atoms with E-state index in [-0.39, 0.29) is 30.8 Å². The molecule has 7 heteroatoms. The minimum atomic E-state index is -1.16. The Labute approximate surface area is 206 Å². The number of amides is 2. The van der Waals surface area contributed by atoms with Crippen LogP contribution in [0.25, 0.3) is 11.1 Å². The van der Waals surface area contributed by atoms with E-state index in [1.165, 1.54) is 16.0 Å². The second-order valence-electron chi connectivity index (χ2n) is 9.77. The number of carbonyl (C=O) groups is 3. The van der Waals surface area contributed by atoms with Crippen molar-refractivity contribution < 1.29 is 24.2 Å². The summed E-state index contributed by atoms with van der Waals surface area (Å²) in [6, 6.07) is 16.4. The predicted molar refractivity (Wildman–Crippen MR) is 133 cm³/mol. The third-order valence-corrected chi connectivity index (χ3v) is 7.57. The average Bonchev–Trinajstić information content (AvgIpc) is 3.19. The Morgan fingerprint density at radius 1 is 1.09 bits per heavy atom. The van der Waals surface area contributed by atoms with Gasteiger partial charge in [0.1, 0.15) is 12.1 Å².